The molecule has 0 aliphatic carbocycles. The van der Waals surface area contributed by atoms with E-state index in [1.165, 1.54) is 6.08 Å². The van der Waals surface area contributed by atoms with Gasteiger partial charge in [0, 0.05) is 7.11 Å². The van der Waals surface area contributed by atoms with Gasteiger partial charge in [-0.3, -0.25) is 0 Å². The average molecular weight is 87.1 g/mol. The number of methoxy groups -OCH3 is 1. The summed E-state index contributed by atoms with van der Waals surface area (Å²) in [6.07, 6.45) is 2.11. The average Bonchev–Trinajstić information content (AvgIpc) is 1.61. The molecule has 0 aromatic carbocycles. The lowest BCUT2D eigenvalue weighted by Gasteiger charge is -1.87. The van der Waals surface area contributed by atoms with Crippen molar-refractivity contribution in [3.05, 3.63) is 12.3 Å². The summed E-state index contributed by atoms with van der Waals surface area (Å²) in [4.78, 5) is 0. The maximum Gasteiger partial charge on any atom is 0.0635 e. The summed E-state index contributed by atoms with van der Waals surface area (Å²) in [6, 6.07) is 0. The van der Waals surface area contributed by atoms with E-state index in [0.29, 0.717) is 12.9 Å². The van der Waals surface area contributed by atoms with Crippen LogP contribution in [-0.2, 0) is 4.74 Å². The molecule has 0 fully saturated rings. The second-order valence-corrected chi connectivity index (χ2v) is 0.827. The molecule has 0 atom stereocenters. The van der Waals surface area contributed by atoms with Crippen molar-refractivity contribution < 1.29 is 9.84 Å². The van der Waals surface area contributed by atoms with Gasteiger partial charge in [0.15, 0.2) is 0 Å². The van der Waals surface area contributed by atoms with E-state index in [1.54, 1.807) is 7.11 Å². The third-order valence-electron chi connectivity index (χ3n) is 0.359. The molecule has 2 nitrogen and oxygen atoms in total. The first kappa shape index (κ1) is 5.50. The molecule has 0 rings (SSSR count). The van der Waals surface area contributed by atoms with E-state index >= 15 is 0 Å². The maximum atomic E-state index is 9.43. The summed E-state index contributed by atoms with van der Waals surface area (Å²) in [5.41, 5.74) is 0. The largest absolute Gasteiger partial charge is 0.878 e. The minimum atomic E-state index is 0.420. The van der Waals surface area contributed by atoms with Gasteiger partial charge in [-0.2, -0.15) is 6.26 Å². The molecule has 0 aliphatic rings. The van der Waals surface area contributed by atoms with Gasteiger partial charge < -0.3 is 9.84 Å². The summed E-state index contributed by atoms with van der Waals surface area (Å²) < 4.78 is 4.50. The highest BCUT2D eigenvalue weighted by molar-refractivity contribution is 4.67. The summed E-state index contributed by atoms with van der Waals surface area (Å²) in [5.74, 6) is 0. The molecular weight excluding hydrogens is 80.0 g/mol. The molecule has 0 bridgehead atoms. The van der Waals surface area contributed by atoms with Gasteiger partial charge in [0.1, 0.15) is 0 Å². The molecule has 0 unspecified atom stereocenters. The smallest absolute Gasteiger partial charge is 0.0635 e. The van der Waals surface area contributed by atoms with Gasteiger partial charge in [-0.05, 0) is 0 Å². The van der Waals surface area contributed by atoms with Gasteiger partial charge in [0.2, 0.25) is 0 Å². The topological polar surface area (TPSA) is 32.3 Å². The van der Waals surface area contributed by atoms with Crippen molar-refractivity contribution in [1.82, 2.24) is 0 Å². The SMILES string of the molecule is COC/C=C/[O-]. The monoisotopic (exact) mass is 87.0 g/mol. The lowest BCUT2D eigenvalue weighted by atomic mass is 10.7. The van der Waals surface area contributed by atoms with Crippen molar-refractivity contribution in [2.24, 2.45) is 0 Å². The van der Waals surface area contributed by atoms with Crippen molar-refractivity contribution in [2.75, 3.05) is 13.7 Å². The van der Waals surface area contributed by atoms with Crippen LogP contribution in [-0.4, -0.2) is 13.7 Å². The van der Waals surface area contributed by atoms with Crippen molar-refractivity contribution in [3.8, 4) is 0 Å². The quantitative estimate of drug-likeness (QED) is 0.425. The first-order chi connectivity index (χ1) is 2.91. The molecule has 36 valence electrons. The maximum absolute atomic E-state index is 9.43. The van der Waals surface area contributed by atoms with E-state index in [1.807, 2.05) is 0 Å². The van der Waals surface area contributed by atoms with Crippen LogP contribution in [0.3, 0.4) is 0 Å². The van der Waals surface area contributed by atoms with E-state index in [2.05, 4.69) is 4.74 Å². The minimum Gasteiger partial charge on any atom is -0.878 e. The highest BCUT2D eigenvalue weighted by Gasteiger charge is 1.59. The molecule has 0 aliphatic heterocycles. The van der Waals surface area contributed by atoms with Gasteiger partial charge in [-0.15, -0.1) is 0 Å². The first-order valence-corrected chi connectivity index (χ1v) is 1.67. The Morgan fingerprint density at radius 2 is 2.50 bits per heavy atom. The van der Waals surface area contributed by atoms with E-state index in [-0.39, 0.29) is 0 Å². The van der Waals surface area contributed by atoms with Crippen molar-refractivity contribution >= 4 is 0 Å². The van der Waals surface area contributed by atoms with Crippen LogP contribution in [0, 0.1) is 0 Å². The van der Waals surface area contributed by atoms with Crippen LogP contribution in [0.1, 0.15) is 0 Å². The van der Waals surface area contributed by atoms with Crippen LogP contribution in [0.25, 0.3) is 0 Å². The second kappa shape index (κ2) is 4.50. The van der Waals surface area contributed by atoms with Crippen molar-refractivity contribution in [3.63, 3.8) is 0 Å². The minimum absolute atomic E-state index is 0.420. The van der Waals surface area contributed by atoms with Crippen LogP contribution in [0.4, 0.5) is 0 Å². The van der Waals surface area contributed by atoms with Gasteiger partial charge in [-0.25, -0.2) is 0 Å². The predicted molar refractivity (Wildman–Crippen MR) is 21.0 cm³/mol. The Morgan fingerprint density at radius 1 is 1.83 bits per heavy atom. The Hall–Kier alpha value is -0.500. The van der Waals surface area contributed by atoms with Crippen LogP contribution in [0.5, 0.6) is 0 Å². The van der Waals surface area contributed by atoms with Crippen molar-refractivity contribution in [1.29, 1.82) is 0 Å². The summed E-state index contributed by atoms with van der Waals surface area (Å²) >= 11 is 0. The number of hydrogen-bond acceptors (Lipinski definition) is 2. The molecule has 0 saturated heterocycles. The molecular formula is C4H7O2-. The molecule has 0 N–H and O–H groups in total. The first-order valence-electron chi connectivity index (χ1n) is 1.67. The lowest BCUT2D eigenvalue weighted by Crippen LogP contribution is -1.88. The van der Waals surface area contributed by atoms with Crippen LogP contribution >= 0.6 is 0 Å². The van der Waals surface area contributed by atoms with E-state index < -0.39 is 0 Å². The number of hydrogen-bond donors (Lipinski definition) is 0. The standard InChI is InChI=1S/C4H8O2/c1-6-4-2-3-5/h2-3,5H,4H2,1H3/p-1/b3-2+. The second-order valence-electron chi connectivity index (χ2n) is 0.827. The van der Waals surface area contributed by atoms with Crippen LogP contribution in [0.15, 0.2) is 12.3 Å². The zero-order valence-electron chi connectivity index (χ0n) is 3.68. The highest BCUT2D eigenvalue weighted by atomic mass is 16.5. The molecule has 2 heteroatoms. The van der Waals surface area contributed by atoms with E-state index in [0.717, 1.165) is 0 Å². The Labute approximate surface area is 37.1 Å². The molecule has 0 aromatic heterocycles. The summed E-state index contributed by atoms with van der Waals surface area (Å²) in [6.45, 7) is 0.420. The zero-order chi connectivity index (χ0) is 4.83. The third-order valence-corrected chi connectivity index (χ3v) is 0.359. The Kier molecular flexibility index (Phi) is 4.12. The zero-order valence-corrected chi connectivity index (χ0v) is 3.68. The Morgan fingerprint density at radius 3 is 2.67 bits per heavy atom. The van der Waals surface area contributed by atoms with Gasteiger partial charge in [-0.1, -0.05) is 6.08 Å². The molecule has 0 amide bonds. The fourth-order valence-electron chi connectivity index (χ4n) is 0.136. The van der Waals surface area contributed by atoms with Crippen molar-refractivity contribution in [2.45, 2.75) is 0 Å². The summed E-state index contributed by atoms with van der Waals surface area (Å²) in [7, 11) is 1.54. The third kappa shape index (κ3) is 3.50. The molecule has 6 heavy (non-hydrogen) atoms. The fraction of sp³-hybridized carbons (Fsp3) is 0.500. The molecule has 0 aromatic rings. The lowest BCUT2D eigenvalue weighted by molar-refractivity contribution is -0.275. The van der Waals surface area contributed by atoms with Gasteiger partial charge in [0.25, 0.3) is 0 Å². The Balaban J connectivity index is 2.66. The molecule has 0 saturated carbocycles. The number of rotatable bonds is 2. The highest BCUT2D eigenvalue weighted by Crippen LogP contribution is 1.63. The summed E-state index contributed by atoms with van der Waals surface area (Å²) in [5, 5.41) is 9.43. The van der Waals surface area contributed by atoms with Crippen LogP contribution < -0.4 is 5.11 Å². The normalized spacial score (nSPS) is 10.2. The number of ether oxygens (including phenoxy) is 1. The van der Waals surface area contributed by atoms with Gasteiger partial charge in [0.05, 0.1) is 6.61 Å². The van der Waals surface area contributed by atoms with Gasteiger partial charge >= 0.3 is 0 Å². The van der Waals surface area contributed by atoms with Crippen LogP contribution in [0.2, 0.25) is 0 Å². The Bertz CT molecular complexity index is 40.8. The molecule has 0 spiro atoms. The molecule has 0 heterocycles. The van der Waals surface area contributed by atoms with E-state index in [4.69, 9.17) is 0 Å². The predicted octanol–water partition coefficient (Wildman–Crippen LogP) is -0.493. The van der Waals surface area contributed by atoms with E-state index in [9.17, 15) is 5.11 Å². The fourth-order valence-corrected chi connectivity index (χ4v) is 0.136. The molecule has 0 radical (unpaired) electrons.